The number of nitriles is 1. The zero-order valence-electron chi connectivity index (χ0n) is 12.4. The summed E-state index contributed by atoms with van der Waals surface area (Å²) in [6.07, 6.45) is 4.57. The van der Waals surface area contributed by atoms with Crippen LogP contribution in [-0.4, -0.2) is 5.71 Å². The van der Waals surface area contributed by atoms with E-state index in [9.17, 15) is 5.26 Å². The first kappa shape index (κ1) is 14.0. The van der Waals surface area contributed by atoms with Crippen LogP contribution in [0, 0.1) is 18.3 Å². The molecule has 2 aromatic rings. The predicted octanol–water partition coefficient (Wildman–Crippen LogP) is 4.95. The second-order valence-electron chi connectivity index (χ2n) is 5.57. The lowest BCUT2D eigenvalue weighted by Gasteiger charge is -2.09. The minimum Gasteiger partial charge on any atom is -0.241 e. The van der Waals surface area contributed by atoms with E-state index in [1.54, 1.807) is 11.3 Å². The van der Waals surface area contributed by atoms with E-state index in [1.807, 2.05) is 6.92 Å². The minimum atomic E-state index is 0.807. The Morgan fingerprint density at radius 2 is 1.90 bits per heavy atom. The van der Waals surface area contributed by atoms with Crippen LogP contribution >= 0.6 is 11.3 Å². The standard InChI is InChI=1S/C18H18N2S/c1-12-7-9-14(10-8-12)13(2)20-18-16(11-19)15-5-3-4-6-17(15)21-18/h7-10H,3-6H2,1-2H3/b20-13-. The molecule has 0 amide bonds. The quantitative estimate of drug-likeness (QED) is 0.722. The molecule has 0 N–H and O–H groups in total. The molecule has 2 nitrogen and oxygen atoms in total. The van der Waals surface area contributed by atoms with Gasteiger partial charge in [0.1, 0.15) is 11.1 Å². The van der Waals surface area contributed by atoms with Gasteiger partial charge in [0.2, 0.25) is 0 Å². The van der Waals surface area contributed by atoms with Gasteiger partial charge in [0, 0.05) is 10.6 Å². The summed E-state index contributed by atoms with van der Waals surface area (Å²) in [7, 11) is 0. The topological polar surface area (TPSA) is 36.1 Å². The Labute approximate surface area is 129 Å². The van der Waals surface area contributed by atoms with E-state index < -0.39 is 0 Å². The number of fused-ring (bicyclic) bond motifs is 1. The summed E-state index contributed by atoms with van der Waals surface area (Å²) >= 11 is 1.70. The number of nitrogens with zero attached hydrogens (tertiary/aromatic N) is 2. The number of thiophene rings is 1. The van der Waals surface area contributed by atoms with Crippen molar-refractivity contribution in [2.75, 3.05) is 0 Å². The van der Waals surface area contributed by atoms with Crippen molar-refractivity contribution in [2.45, 2.75) is 39.5 Å². The van der Waals surface area contributed by atoms with Gasteiger partial charge in [-0.1, -0.05) is 29.8 Å². The van der Waals surface area contributed by atoms with Gasteiger partial charge in [0.25, 0.3) is 0 Å². The van der Waals surface area contributed by atoms with Crippen molar-refractivity contribution in [3.63, 3.8) is 0 Å². The molecule has 0 atom stereocenters. The molecule has 21 heavy (non-hydrogen) atoms. The van der Waals surface area contributed by atoms with Crippen LogP contribution < -0.4 is 0 Å². The average Bonchev–Trinajstić information content (AvgIpc) is 2.84. The van der Waals surface area contributed by atoms with Crippen molar-refractivity contribution in [1.82, 2.24) is 0 Å². The van der Waals surface area contributed by atoms with E-state index in [0.717, 1.165) is 34.7 Å². The van der Waals surface area contributed by atoms with Gasteiger partial charge in [-0.25, -0.2) is 4.99 Å². The molecule has 3 heteroatoms. The third-order valence-corrected chi connectivity index (χ3v) is 5.19. The van der Waals surface area contributed by atoms with Crippen LogP contribution in [0.2, 0.25) is 0 Å². The lowest BCUT2D eigenvalue weighted by molar-refractivity contribution is 0.696. The van der Waals surface area contributed by atoms with Crippen molar-refractivity contribution < 1.29 is 0 Å². The molecule has 1 aliphatic carbocycles. The number of hydrogen-bond acceptors (Lipinski definition) is 3. The molecular formula is C18H18N2S. The molecule has 106 valence electrons. The first-order valence-corrected chi connectivity index (χ1v) is 8.17. The number of benzene rings is 1. The van der Waals surface area contributed by atoms with E-state index >= 15 is 0 Å². The summed E-state index contributed by atoms with van der Waals surface area (Å²) in [5.41, 5.74) is 5.40. The molecule has 0 aliphatic heterocycles. The van der Waals surface area contributed by atoms with Crippen LogP contribution in [0.15, 0.2) is 29.3 Å². The van der Waals surface area contributed by atoms with Crippen molar-refractivity contribution in [2.24, 2.45) is 4.99 Å². The Morgan fingerprint density at radius 1 is 1.19 bits per heavy atom. The zero-order valence-corrected chi connectivity index (χ0v) is 13.3. The van der Waals surface area contributed by atoms with Crippen LogP contribution in [-0.2, 0) is 12.8 Å². The maximum atomic E-state index is 9.47. The third kappa shape index (κ3) is 2.77. The number of rotatable bonds is 2. The summed E-state index contributed by atoms with van der Waals surface area (Å²) in [6, 6.07) is 10.7. The predicted molar refractivity (Wildman–Crippen MR) is 88.7 cm³/mol. The van der Waals surface area contributed by atoms with Crippen molar-refractivity contribution >= 4 is 22.0 Å². The van der Waals surface area contributed by atoms with Crippen LogP contribution in [0.25, 0.3) is 0 Å². The smallest absolute Gasteiger partial charge is 0.134 e. The first-order valence-electron chi connectivity index (χ1n) is 7.36. The van der Waals surface area contributed by atoms with Gasteiger partial charge in [-0.05, 0) is 50.7 Å². The molecule has 0 radical (unpaired) electrons. The van der Waals surface area contributed by atoms with E-state index in [-0.39, 0.29) is 0 Å². The molecule has 0 bridgehead atoms. The number of aryl methyl sites for hydroxylation is 2. The molecule has 0 fully saturated rings. The summed E-state index contributed by atoms with van der Waals surface area (Å²) in [4.78, 5) is 6.12. The summed E-state index contributed by atoms with van der Waals surface area (Å²) in [5, 5.41) is 10.4. The van der Waals surface area contributed by atoms with Gasteiger partial charge < -0.3 is 0 Å². The van der Waals surface area contributed by atoms with Gasteiger partial charge >= 0.3 is 0 Å². The fourth-order valence-corrected chi connectivity index (χ4v) is 4.02. The lowest BCUT2D eigenvalue weighted by Crippen LogP contribution is -1.99. The first-order chi connectivity index (χ1) is 10.2. The van der Waals surface area contributed by atoms with Gasteiger partial charge in [0.15, 0.2) is 0 Å². The fraction of sp³-hybridized carbons (Fsp3) is 0.333. The maximum Gasteiger partial charge on any atom is 0.134 e. The normalized spacial score (nSPS) is 14.6. The molecule has 0 spiro atoms. The number of aliphatic imine (C=N–C) groups is 1. The highest BCUT2D eigenvalue weighted by Gasteiger charge is 2.20. The van der Waals surface area contributed by atoms with Crippen LogP contribution in [0.5, 0.6) is 0 Å². The second kappa shape index (κ2) is 5.83. The van der Waals surface area contributed by atoms with Gasteiger partial charge in [-0.15, -0.1) is 11.3 Å². The Kier molecular flexibility index (Phi) is 3.90. The molecule has 0 saturated heterocycles. The molecule has 1 heterocycles. The van der Waals surface area contributed by atoms with E-state index in [1.165, 1.54) is 28.8 Å². The monoisotopic (exact) mass is 294 g/mol. The fourth-order valence-electron chi connectivity index (χ4n) is 2.76. The number of hydrogen-bond donors (Lipinski definition) is 0. The van der Waals surface area contributed by atoms with Crippen molar-refractivity contribution in [1.29, 1.82) is 5.26 Å². The van der Waals surface area contributed by atoms with Gasteiger partial charge in [-0.3, -0.25) is 0 Å². The SMILES string of the molecule is C/C(=N/c1sc2c(c1C#N)CCCC2)c1ccc(C)cc1. The van der Waals surface area contributed by atoms with E-state index in [0.29, 0.717) is 0 Å². The Balaban J connectivity index is 2.01. The van der Waals surface area contributed by atoms with Gasteiger partial charge in [0.05, 0.1) is 5.56 Å². The van der Waals surface area contributed by atoms with Crippen LogP contribution in [0.3, 0.4) is 0 Å². The molecule has 1 aliphatic rings. The molecule has 1 aromatic heterocycles. The summed E-state index contributed by atoms with van der Waals surface area (Å²) in [6.45, 7) is 4.10. The molecule has 0 unspecified atom stereocenters. The van der Waals surface area contributed by atoms with Crippen LogP contribution in [0.1, 0.15) is 46.9 Å². The average molecular weight is 294 g/mol. The highest BCUT2D eigenvalue weighted by atomic mass is 32.1. The van der Waals surface area contributed by atoms with E-state index in [2.05, 4.69) is 37.3 Å². The Morgan fingerprint density at radius 3 is 2.62 bits per heavy atom. The molecule has 1 aromatic carbocycles. The second-order valence-corrected chi connectivity index (χ2v) is 6.65. The summed E-state index contributed by atoms with van der Waals surface area (Å²) in [5.74, 6) is 0. The summed E-state index contributed by atoms with van der Waals surface area (Å²) < 4.78 is 0. The largest absolute Gasteiger partial charge is 0.241 e. The van der Waals surface area contributed by atoms with E-state index in [4.69, 9.17) is 4.99 Å². The van der Waals surface area contributed by atoms with Gasteiger partial charge in [-0.2, -0.15) is 5.26 Å². The Hall–Kier alpha value is -1.92. The molecular weight excluding hydrogens is 276 g/mol. The third-order valence-electron chi connectivity index (χ3n) is 4.00. The maximum absolute atomic E-state index is 9.47. The van der Waals surface area contributed by atoms with Crippen LogP contribution in [0.4, 0.5) is 5.00 Å². The van der Waals surface area contributed by atoms with Crippen molar-refractivity contribution in [3.8, 4) is 6.07 Å². The van der Waals surface area contributed by atoms with Crippen molar-refractivity contribution in [3.05, 3.63) is 51.4 Å². The minimum absolute atomic E-state index is 0.807. The molecule has 0 saturated carbocycles. The Bertz CT molecular complexity index is 730. The lowest BCUT2D eigenvalue weighted by atomic mass is 9.96. The highest BCUT2D eigenvalue weighted by molar-refractivity contribution is 7.16. The molecule has 3 rings (SSSR count). The highest BCUT2D eigenvalue weighted by Crippen LogP contribution is 2.39. The zero-order chi connectivity index (χ0) is 14.8.